The number of rotatable bonds is 6. The lowest BCUT2D eigenvalue weighted by molar-refractivity contribution is -0.115. The van der Waals surface area contributed by atoms with Crippen molar-refractivity contribution in [3.8, 4) is 33.1 Å². The molecule has 6 aromatic heterocycles. The molecule has 0 aliphatic heterocycles. The van der Waals surface area contributed by atoms with Gasteiger partial charge in [-0.3, -0.25) is 19.9 Å². The minimum Gasteiger partial charge on any atom is -0.352 e. The minimum atomic E-state index is -0.243. The third-order valence-corrected chi connectivity index (χ3v) is 7.48. The molecule has 1 amide bonds. The second kappa shape index (κ2) is 9.83. The highest BCUT2D eigenvalue weighted by Gasteiger charge is 2.17. The average Bonchev–Trinajstić information content (AvgIpc) is 3.71. The van der Waals surface area contributed by atoms with Crippen molar-refractivity contribution in [1.82, 2.24) is 30.1 Å². The summed E-state index contributed by atoms with van der Waals surface area (Å²) in [4.78, 5) is 30.3. The third-order valence-electron chi connectivity index (χ3n) is 6.57. The van der Waals surface area contributed by atoms with E-state index in [0.29, 0.717) is 22.6 Å². The van der Waals surface area contributed by atoms with Gasteiger partial charge in [0, 0.05) is 33.8 Å². The number of anilines is 1. The van der Waals surface area contributed by atoms with E-state index in [9.17, 15) is 9.18 Å². The van der Waals surface area contributed by atoms with Gasteiger partial charge >= 0.3 is 0 Å². The summed E-state index contributed by atoms with van der Waals surface area (Å²) < 4.78 is 13.7. The van der Waals surface area contributed by atoms with Crippen LogP contribution in [0.1, 0.15) is 5.56 Å². The molecule has 0 atom stereocenters. The van der Waals surface area contributed by atoms with E-state index in [1.807, 2.05) is 54.6 Å². The molecule has 3 N–H and O–H groups in total. The van der Waals surface area contributed by atoms with E-state index in [1.165, 1.54) is 6.07 Å². The van der Waals surface area contributed by atoms with Crippen molar-refractivity contribution < 1.29 is 9.18 Å². The Hall–Kier alpha value is -5.22. The number of hydrogen-bond acceptors (Lipinski definition) is 6. The Morgan fingerprint density at radius 3 is 2.65 bits per heavy atom. The number of fused-ring (bicyclic) bond motifs is 2. The molecule has 7 rings (SSSR count). The van der Waals surface area contributed by atoms with Crippen LogP contribution < -0.4 is 5.32 Å². The Balaban J connectivity index is 1.21. The Morgan fingerprint density at radius 1 is 0.925 bits per heavy atom. The van der Waals surface area contributed by atoms with Crippen LogP contribution in [0, 0.1) is 5.13 Å². The van der Waals surface area contributed by atoms with Crippen LogP contribution in [-0.4, -0.2) is 36.0 Å². The van der Waals surface area contributed by atoms with Gasteiger partial charge < -0.3 is 10.3 Å². The van der Waals surface area contributed by atoms with E-state index in [2.05, 4.69) is 30.5 Å². The largest absolute Gasteiger partial charge is 0.352 e. The normalized spacial score (nSPS) is 11.3. The molecule has 8 nitrogen and oxygen atoms in total. The van der Waals surface area contributed by atoms with Crippen LogP contribution in [0.25, 0.3) is 55.0 Å². The highest BCUT2D eigenvalue weighted by atomic mass is 32.1. The summed E-state index contributed by atoms with van der Waals surface area (Å²) in [6.07, 6.45) is 7.08. The zero-order valence-electron chi connectivity index (χ0n) is 20.9. The maximum absolute atomic E-state index is 13.7. The fraction of sp³-hybridized carbons (Fsp3) is 0.0333. The van der Waals surface area contributed by atoms with Gasteiger partial charge in [-0.25, -0.2) is 4.98 Å². The summed E-state index contributed by atoms with van der Waals surface area (Å²) in [5.41, 5.74) is 7.50. The Kier molecular flexibility index (Phi) is 5.86. The number of halogens is 1. The predicted molar refractivity (Wildman–Crippen MR) is 154 cm³/mol. The first-order valence-corrected chi connectivity index (χ1v) is 13.3. The molecule has 0 spiro atoms. The molecule has 10 heteroatoms. The number of aromatic amines is 2. The third kappa shape index (κ3) is 4.50. The van der Waals surface area contributed by atoms with Crippen LogP contribution in [0.3, 0.4) is 0 Å². The molecule has 0 aliphatic carbocycles. The highest BCUT2D eigenvalue weighted by molar-refractivity contribution is 7.14. The number of nitrogens with one attached hydrogen (secondary N) is 3. The van der Waals surface area contributed by atoms with Crippen molar-refractivity contribution >= 4 is 44.9 Å². The first kappa shape index (κ1) is 23.9. The molecule has 0 saturated carbocycles. The van der Waals surface area contributed by atoms with Crippen molar-refractivity contribution in [1.29, 1.82) is 0 Å². The smallest absolute Gasteiger partial charge is 0.228 e. The van der Waals surface area contributed by atoms with Gasteiger partial charge in [-0.2, -0.15) is 9.49 Å². The molecule has 0 saturated heterocycles. The Morgan fingerprint density at radius 2 is 1.80 bits per heavy atom. The zero-order valence-corrected chi connectivity index (χ0v) is 21.7. The summed E-state index contributed by atoms with van der Waals surface area (Å²) in [6.45, 7) is 0. The lowest BCUT2D eigenvalue weighted by Gasteiger charge is -2.07. The van der Waals surface area contributed by atoms with Gasteiger partial charge in [-0.05, 0) is 42.0 Å². The maximum Gasteiger partial charge on any atom is 0.228 e. The van der Waals surface area contributed by atoms with Gasteiger partial charge in [-0.15, -0.1) is 11.3 Å². The fourth-order valence-electron chi connectivity index (χ4n) is 4.72. The van der Waals surface area contributed by atoms with Gasteiger partial charge in [0.15, 0.2) is 5.13 Å². The van der Waals surface area contributed by atoms with Crippen LogP contribution in [0.5, 0.6) is 0 Å². The first-order valence-electron chi connectivity index (χ1n) is 12.5. The molecule has 0 bridgehead atoms. The quantitative estimate of drug-likeness (QED) is 0.218. The average molecular weight is 546 g/mol. The van der Waals surface area contributed by atoms with Crippen molar-refractivity contribution in [2.75, 3.05) is 5.32 Å². The van der Waals surface area contributed by atoms with E-state index in [4.69, 9.17) is 4.98 Å². The summed E-state index contributed by atoms with van der Waals surface area (Å²) in [7, 11) is 0. The monoisotopic (exact) mass is 545 g/mol. The van der Waals surface area contributed by atoms with Crippen LogP contribution in [-0.2, 0) is 11.2 Å². The van der Waals surface area contributed by atoms with Gasteiger partial charge in [0.25, 0.3) is 0 Å². The Bertz CT molecular complexity index is 2010. The zero-order chi connectivity index (χ0) is 27.1. The van der Waals surface area contributed by atoms with Gasteiger partial charge in [0.05, 0.1) is 46.9 Å². The van der Waals surface area contributed by atoms with Gasteiger partial charge in [0.2, 0.25) is 5.91 Å². The molecule has 0 radical (unpaired) electrons. The van der Waals surface area contributed by atoms with Gasteiger partial charge in [0.1, 0.15) is 11.2 Å². The molecular weight excluding hydrogens is 525 g/mol. The Labute approximate surface area is 231 Å². The number of carbonyl (C=O) groups excluding carboxylic acids is 1. The fourth-order valence-corrected chi connectivity index (χ4v) is 5.47. The summed E-state index contributed by atoms with van der Waals surface area (Å²) in [5.74, 6) is -0.122. The maximum atomic E-state index is 13.7. The lowest BCUT2D eigenvalue weighted by Crippen LogP contribution is -2.14. The topological polar surface area (TPSA) is 112 Å². The van der Waals surface area contributed by atoms with Crippen LogP contribution in [0.4, 0.5) is 10.1 Å². The predicted octanol–water partition coefficient (Wildman–Crippen LogP) is 6.61. The van der Waals surface area contributed by atoms with E-state index in [1.54, 1.807) is 30.9 Å². The molecule has 0 unspecified atom stereocenters. The number of benzene rings is 1. The number of H-pyrrole nitrogens is 2. The molecule has 0 fully saturated rings. The second-order valence-corrected chi connectivity index (χ2v) is 10.3. The summed E-state index contributed by atoms with van der Waals surface area (Å²) in [5, 5.41) is 11.2. The highest BCUT2D eigenvalue weighted by Crippen LogP contribution is 2.36. The van der Waals surface area contributed by atoms with Crippen molar-refractivity contribution in [3.63, 3.8) is 0 Å². The van der Waals surface area contributed by atoms with Crippen molar-refractivity contribution in [2.24, 2.45) is 0 Å². The minimum absolute atomic E-state index is 0.122. The molecule has 0 aliphatic rings. The lowest BCUT2D eigenvalue weighted by atomic mass is 10.1. The standard InChI is InChI=1S/C30H20FN7OS/c31-27-9-8-26(40-27)21-15-33-16-25-20(21)12-24(35-25)30-29-23(37-38-30)7-6-22(36-29)18-11-19(14-32-13-18)34-28(39)10-17-4-2-1-3-5-17/h1-9,11-16,35H,10H2,(H,34,39)(H,37,38). The molecule has 194 valence electrons. The number of carbonyl (C=O) groups is 1. The molecule has 40 heavy (non-hydrogen) atoms. The van der Waals surface area contributed by atoms with E-state index in [0.717, 1.165) is 55.0 Å². The van der Waals surface area contributed by atoms with Crippen LogP contribution in [0.2, 0.25) is 0 Å². The molecule has 6 heterocycles. The summed E-state index contributed by atoms with van der Waals surface area (Å²) >= 11 is 1.08. The van der Waals surface area contributed by atoms with E-state index >= 15 is 0 Å². The number of amides is 1. The SMILES string of the molecule is O=C(Cc1ccccc1)Nc1cncc(-c2ccc3[nH]nc(-c4cc5c(-c6ccc(F)s6)cncc5[nH]4)c3n2)c1. The first-order chi connectivity index (χ1) is 19.6. The number of thiophene rings is 1. The summed E-state index contributed by atoms with van der Waals surface area (Å²) in [6, 6.07) is 20.4. The number of aromatic nitrogens is 6. The number of nitrogens with zero attached hydrogens (tertiary/aromatic N) is 4. The van der Waals surface area contributed by atoms with Gasteiger partial charge in [-0.1, -0.05) is 30.3 Å². The number of hydrogen-bond donors (Lipinski definition) is 3. The molecule has 1 aromatic carbocycles. The second-order valence-electron chi connectivity index (χ2n) is 9.27. The van der Waals surface area contributed by atoms with E-state index < -0.39 is 0 Å². The number of pyridine rings is 3. The van der Waals surface area contributed by atoms with Crippen molar-refractivity contribution in [2.45, 2.75) is 6.42 Å². The van der Waals surface area contributed by atoms with Crippen LogP contribution >= 0.6 is 11.3 Å². The van der Waals surface area contributed by atoms with Crippen molar-refractivity contribution in [3.05, 3.63) is 102 Å². The van der Waals surface area contributed by atoms with E-state index in [-0.39, 0.29) is 17.5 Å². The van der Waals surface area contributed by atoms with Crippen LogP contribution in [0.15, 0.2) is 91.5 Å². The molecular formula is C30H20FN7OS. The molecule has 7 aromatic rings.